The Morgan fingerprint density at radius 3 is 2.29 bits per heavy atom. The van der Waals surface area contributed by atoms with Crippen molar-refractivity contribution in [2.75, 3.05) is 27.2 Å². The van der Waals surface area contributed by atoms with Crippen molar-refractivity contribution in [2.45, 2.75) is 84.0 Å². The van der Waals surface area contributed by atoms with Gasteiger partial charge in [-0.1, -0.05) is 20.8 Å². The first-order chi connectivity index (χ1) is 35.9. The Hall–Kier alpha value is -8.58. The number of nitrogens with zero attached hydrogens (tertiary/aromatic N) is 7. The smallest absolute Gasteiger partial charge is 0.319 e. The number of esters is 1. The molecule has 19 nitrogen and oxygen atoms in total. The zero-order valence-corrected chi connectivity index (χ0v) is 42.2. The predicted octanol–water partition coefficient (Wildman–Crippen LogP) is 7.23. The summed E-state index contributed by atoms with van der Waals surface area (Å²) < 4.78 is 15.2. The Balaban J connectivity index is 0.954. The first kappa shape index (κ1) is 50.0. The van der Waals surface area contributed by atoms with E-state index in [0.29, 0.717) is 63.9 Å². The summed E-state index contributed by atoms with van der Waals surface area (Å²) in [6, 6.07) is 22.0. The summed E-state index contributed by atoms with van der Waals surface area (Å²) in [7, 11) is 3.81. The second kappa shape index (κ2) is 19.4. The Labute approximate surface area is 430 Å². The minimum atomic E-state index is -1.62. The van der Waals surface area contributed by atoms with E-state index in [9.17, 15) is 44.4 Å². The van der Waals surface area contributed by atoms with Crippen LogP contribution in [-0.4, -0.2) is 112 Å². The fourth-order valence-corrected chi connectivity index (χ4v) is 11.0. The number of benzene rings is 4. The van der Waals surface area contributed by atoms with E-state index in [-0.39, 0.29) is 96.0 Å². The molecule has 3 aliphatic heterocycles. The number of aromatic hydroxyl groups is 3. The van der Waals surface area contributed by atoms with Gasteiger partial charge in [0.05, 0.1) is 46.5 Å². The molecule has 1 saturated heterocycles. The highest BCUT2D eigenvalue weighted by Gasteiger charge is 2.57. The van der Waals surface area contributed by atoms with Gasteiger partial charge in [-0.15, -0.1) is 10.2 Å². The number of amides is 2. The zero-order chi connectivity index (χ0) is 53.2. The second-order valence-electron chi connectivity index (χ2n) is 19.9. The van der Waals surface area contributed by atoms with Gasteiger partial charge in [0.1, 0.15) is 40.8 Å². The van der Waals surface area contributed by atoms with E-state index in [0.717, 1.165) is 10.9 Å². The van der Waals surface area contributed by atoms with Gasteiger partial charge in [-0.05, 0) is 136 Å². The molecule has 19 heteroatoms. The molecule has 6 heterocycles. The van der Waals surface area contributed by atoms with E-state index < -0.39 is 41.1 Å². The molecular formula is C56H56N8O11. The lowest BCUT2D eigenvalue weighted by Crippen LogP contribution is -2.62. The number of likely N-dealkylation sites (tertiary alicyclic amines) is 1. The van der Waals surface area contributed by atoms with Crippen molar-refractivity contribution in [1.29, 1.82) is 0 Å². The average molecular weight is 1020 g/mol. The summed E-state index contributed by atoms with van der Waals surface area (Å²) >= 11 is 0. The number of aromatic nitrogens is 5. The maximum absolute atomic E-state index is 14.8. The standard InChI is InChI=1S/C56H56N8O11/c1-7-56(41-24-43-48-32(26-63(43)53(70)40(41)28-74-55(56)73)21-37-39(27-61(5)6)44(65)18-17-42(37)58-48)47-22-31(54(71)72)19-20-62(47)52(69)30-9-13-34(14-10-30)75-35-15-11-33(12-16-35)64-49(59-60-50(64)51(68)57-8-2)38-23-36(29(3)4)45(66)25-46(38)67/h9-18,21,23-25,29,31,47,65-67H,7-8,19-20,22,26-28H2,1-6H3,(H,57,68)(H,71,72). The molecule has 4 aromatic carbocycles. The number of carboxylic acids is 1. The maximum atomic E-state index is 14.8. The number of piperidine rings is 1. The summed E-state index contributed by atoms with van der Waals surface area (Å²) in [5.41, 5.74) is 3.30. The van der Waals surface area contributed by atoms with Crippen LogP contribution >= 0.6 is 0 Å². The number of ether oxygens (including phenoxy) is 2. The van der Waals surface area contributed by atoms with Crippen LogP contribution in [0, 0.1) is 5.92 Å². The lowest BCUT2D eigenvalue weighted by atomic mass is 9.65. The van der Waals surface area contributed by atoms with E-state index >= 15 is 0 Å². The molecule has 0 saturated carbocycles. The number of carbonyl (C=O) groups is 4. The number of carboxylic acid groups (broad SMARTS) is 1. The van der Waals surface area contributed by atoms with Crippen LogP contribution in [-0.2, 0) is 39.4 Å². The van der Waals surface area contributed by atoms with Crippen LogP contribution in [0.15, 0.2) is 89.7 Å². The molecule has 3 atom stereocenters. The molecule has 1 fully saturated rings. The van der Waals surface area contributed by atoms with Gasteiger partial charge in [0, 0.05) is 53.5 Å². The highest BCUT2D eigenvalue weighted by molar-refractivity contribution is 5.97. The molecular weight excluding hydrogens is 961 g/mol. The molecule has 75 heavy (non-hydrogen) atoms. The number of phenolic OH excluding ortho intramolecular Hbond substituents is 3. The third-order valence-electron chi connectivity index (χ3n) is 14.8. The van der Waals surface area contributed by atoms with Crippen molar-refractivity contribution in [2.24, 2.45) is 5.92 Å². The zero-order valence-electron chi connectivity index (χ0n) is 42.2. The largest absolute Gasteiger partial charge is 0.508 e. The van der Waals surface area contributed by atoms with Crippen LogP contribution in [0.1, 0.15) is 102 Å². The summed E-state index contributed by atoms with van der Waals surface area (Å²) in [6.07, 6.45) is 0.145. The summed E-state index contributed by atoms with van der Waals surface area (Å²) in [5, 5.41) is 54.7. The number of fused-ring (bicyclic) bond motifs is 5. The third kappa shape index (κ3) is 8.55. The van der Waals surface area contributed by atoms with Crippen LogP contribution in [0.25, 0.3) is 39.4 Å². The molecule has 386 valence electrons. The van der Waals surface area contributed by atoms with E-state index in [4.69, 9.17) is 14.5 Å². The Morgan fingerprint density at radius 1 is 0.907 bits per heavy atom. The fourth-order valence-electron chi connectivity index (χ4n) is 11.0. The highest BCUT2D eigenvalue weighted by Crippen LogP contribution is 2.48. The summed E-state index contributed by atoms with van der Waals surface area (Å²) in [4.78, 5) is 78.5. The van der Waals surface area contributed by atoms with Crippen molar-refractivity contribution >= 4 is 34.7 Å². The first-order valence-electron chi connectivity index (χ1n) is 24.9. The quantitative estimate of drug-likeness (QED) is 0.0715. The van der Waals surface area contributed by atoms with Crippen molar-refractivity contribution in [3.05, 3.63) is 134 Å². The van der Waals surface area contributed by atoms with Gasteiger partial charge in [-0.3, -0.25) is 28.5 Å². The number of hydrogen-bond donors (Lipinski definition) is 5. The van der Waals surface area contributed by atoms with E-state index in [1.807, 2.05) is 38.9 Å². The van der Waals surface area contributed by atoms with Crippen LogP contribution < -0.4 is 15.6 Å². The molecule has 5 N–H and O–H groups in total. The minimum absolute atomic E-state index is 0.0130. The number of phenols is 3. The maximum Gasteiger partial charge on any atom is 0.319 e. The Morgan fingerprint density at radius 2 is 1.63 bits per heavy atom. The number of aliphatic carboxylic acids is 1. The average Bonchev–Trinajstić information content (AvgIpc) is 4.02. The summed E-state index contributed by atoms with van der Waals surface area (Å²) in [6.45, 7) is 8.05. The minimum Gasteiger partial charge on any atom is -0.508 e. The van der Waals surface area contributed by atoms with Gasteiger partial charge in [0.15, 0.2) is 5.82 Å². The number of nitrogens with one attached hydrogen (secondary N) is 1. The van der Waals surface area contributed by atoms with Gasteiger partial charge < -0.3 is 49.6 Å². The molecule has 0 bridgehead atoms. The van der Waals surface area contributed by atoms with Gasteiger partial charge in [0.2, 0.25) is 5.82 Å². The van der Waals surface area contributed by atoms with Crippen LogP contribution in [0.2, 0.25) is 0 Å². The van der Waals surface area contributed by atoms with Crippen LogP contribution in [0.4, 0.5) is 0 Å². The molecule has 0 aliphatic carbocycles. The predicted molar refractivity (Wildman–Crippen MR) is 275 cm³/mol. The molecule has 3 unspecified atom stereocenters. The molecule has 10 rings (SSSR count). The van der Waals surface area contributed by atoms with Gasteiger partial charge in [0.25, 0.3) is 17.4 Å². The lowest BCUT2D eigenvalue weighted by Gasteiger charge is -2.49. The van der Waals surface area contributed by atoms with Crippen LogP contribution in [0.3, 0.4) is 0 Å². The van der Waals surface area contributed by atoms with Crippen molar-refractivity contribution in [3.8, 4) is 57.2 Å². The third-order valence-corrected chi connectivity index (χ3v) is 14.8. The molecule has 0 radical (unpaired) electrons. The fraction of sp³-hybridized carbons (Fsp3) is 0.321. The first-order valence-corrected chi connectivity index (χ1v) is 24.9. The topological polar surface area (TPSA) is 252 Å². The number of cyclic esters (lactones) is 1. The van der Waals surface area contributed by atoms with Gasteiger partial charge in [-0.25, -0.2) is 4.98 Å². The van der Waals surface area contributed by atoms with E-state index in [2.05, 4.69) is 15.5 Å². The molecule has 7 aromatic rings. The van der Waals surface area contributed by atoms with Gasteiger partial charge >= 0.3 is 11.9 Å². The van der Waals surface area contributed by atoms with Crippen molar-refractivity contribution in [3.63, 3.8) is 0 Å². The van der Waals surface area contributed by atoms with E-state index in [1.54, 1.807) is 96.1 Å². The molecule has 3 aromatic heterocycles. The number of rotatable bonds is 13. The van der Waals surface area contributed by atoms with Crippen molar-refractivity contribution < 1.29 is 49.1 Å². The SMILES string of the molecule is CCNC(=O)c1nnc(-c2cc(C(C)C)c(O)cc2O)n1-c1ccc(Oc2ccc(C(=O)N3CCC(C(=O)O)CC3C3(CC)C(=O)OCc4c3cc3n(c4=O)Cc4cc5c(CN(C)C)c(O)ccc5nc4-3)cc2)cc1. The van der Waals surface area contributed by atoms with Gasteiger partial charge in [-0.2, -0.15) is 0 Å². The molecule has 3 aliphatic rings. The Kier molecular flexibility index (Phi) is 12.9. The van der Waals surface area contributed by atoms with E-state index in [1.165, 1.54) is 10.6 Å². The number of carbonyl (C=O) groups excluding carboxylic acids is 3. The molecule has 0 spiro atoms. The van der Waals surface area contributed by atoms with Crippen LogP contribution in [0.5, 0.6) is 28.7 Å². The van der Waals surface area contributed by atoms with Crippen molar-refractivity contribution in [1.82, 2.24) is 39.4 Å². The Bertz CT molecular complexity index is 3530. The molecule has 2 amide bonds. The normalized spacial score (nSPS) is 17.9. The highest BCUT2D eigenvalue weighted by atomic mass is 16.5. The number of pyridine rings is 2. The number of hydrogen-bond acceptors (Lipinski definition) is 14. The monoisotopic (exact) mass is 1020 g/mol. The summed E-state index contributed by atoms with van der Waals surface area (Å²) in [5.74, 6) is -2.92. The lowest BCUT2D eigenvalue weighted by molar-refractivity contribution is -0.160. The second-order valence-corrected chi connectivity index (χ2v) is 19.9.